The maximum atomic E-state index is 9.70. The van der Waals surface area contributed by atoms with Crippen LogP contribution in [0.2, 0.25) is 0 Å². The van der Waals surface area contributed by atoms with Gasteiger partial charge in [0.1, 0.15) is 12.4 Å². The molecule has 1 aliphatic rings. The van der Waals surface area contributed by atoms with E-state index in [1.165, 1.54) is 5.56 Å². The van der Waals surface area contributed by atoms with E-state index in [-0.39, 0.29) is 6.10 Å². The van der Waals surface area contributed by atoms with Gasteiger partial charge in [-0.1, -0.05) is 19.1 Å². The van der Waals surface area contributed by atoms with Gasteiger partial charge in [0.05, 0.1) is 6.10 Å². The smallest absolute Gasteiger partial charge is 0.119 e. The highest BCUT2D eigenvalue weighted by Gasteiger charge is 2.23. The van der Waals surface area contributed by atoms with Gasteiger partial charge in [-0.2, -0.15) is 0 Å². The molecular weight excluding hydrogens is 252 g/mol. The van der Waals surface area contributed by atoms with Gasteiger partial charge in [0.25, 0.3) is 0 Å². The zero-order valence-corrected chi connectivity index (χ0v) is 12.3. The largest absolute Gasteiger partial charge is 0.492 e. The Labute approximate surface area is 121 Å². The number of nitrogens with zero attached hydrogens (tertiary/aromatic N) is 1. The highest BCUT2D eigenvalue weighted by Crippen LogP contribution is 2.16. The van der Waals surface area contributed by atoms with Crippen LogP contribution in [0.3, 0.4) is 0 Å². The molecule has 4 nitrogen and oxygen atoms in total. The van der Waals surface area contributed by atoms with Gasteiger partial charge in [0.15, 0.2) is 0 Å². The average Bonchev–Trinajstić information content (AvgIpc) is 2.45. The Morgan fingerprint density at radius 1 is 1.35 bits per heavy atom. The van der Waals surface area contributed by atoms with Gasteiger partial charge >= 0.3 is 0 Å². The number of rotatable bonds is 6. The molecule has 2 atom stereocenters. The molecule has 2 rings (SSSR count). The van der Waals surface area contributed by atoms with E-state index < -0.39 is 0 Å². The van der Waals surface area contributed by atoms with Gasteiger partial charge in [-0.05, 0) is 43.0 Å². The summed E-state index contributed by atoms with van der Waals surface area (Å²) in [5.41, 5.74) is 6.78. The minimum atomic E-state index is -0.137. The van der Waals surface area contributed by atoms with E-state index >= 15 is 0 Å². The van der Waals surface area contributed by atoms with Crippen molar-refractivity contribution in [2.75, 3.05) is 32.8 Å². The summed E-state index contributed by atoms with van der Waals surface area (Å²) in [6, 6.07) is 8.16. The molecule has 1 fully saturated rings. The first-order valence-corrected chi connectivity index (χ1v) is 7.51. The molecule has 4 heteroatoms. The van der Waals surface area contributed by atoms with Crippen molar-refractivity contribution in [3.8, 4) is 5.75 Å². The van der Waals surface area contributed by atoms with E-state index in [9.17, 15) is 5.11 Å². The van der Waals surface area contributed by atoms with Gasteiger partial charge in [-0.15, -0.1) is 0 Å². The first kappa shape index (κ1) is 15.3. The van der Waals surface area contributed by atoms with E-state index in [0.717, 1.165) is 38.2 Å². The Morgan fingerprint density at radius 2 is 2.10 bits per heavy atom. The highest BCUT2D eigenvalue weighted by molar-refractivity contribution is 5.27. The summed E-state index contributed by atoms with van der Waals surface area (Å²) in [6.45, 7) is 6.32. The molecule has 0 saturated carbocycles. The molecule has 1 aliphatic heterocycles. The lowest BCUT2D eigenvalue weighted by atomic mass is 9.97. The van der Waals surface area contributed by atoms with Gasteiger partial charge in [-0.25, -0.2) is 0 Å². The van der Waals surface area contributed by atoms with Crippen molar-refractivity contribution in [2.24, 2.45) is 11.7 Å². The highest BCUT2D eigenvalue weighted by atomic mass is 16.5. The summed E-state index contributed by atoms with van der Waals surface area (Å²) < 4.78 is 5.77. The lowest BCUT2D eigenvalue weighted by Crippen LogP contribution is -2.43. The van der Waals surface area contributed by atoms with Crippen LogP contribution in [-0.2, 0) is 6.42 Å². The van der Waals surface area contributed by atoms with Crippen LogP contribution in [0.5, 0.6) is 5.75 Å². The Kier molecular flexibility index (Phi) is 5.83. The number of piperidine rings is 1. The standard InChI is InChI=1S/C16H26N2O2/c1-13-12-18(9-7-16(13)19)10-11-20-15-4-2-14(3-5-15)6-8-17/h2-5,13,16,19H,6-12,17H2,1H3. The van der Waals surface area contributed by atoms with Crippen LogP contribution in [0.15, 0.2) is 24.3 Å². The van der Waals surface area contributed by atoms with Crippen LogP contribution >= 0.6 is 0 Å². The minimum absolute atomic E-state index is 0.137. The van der Waals surface area contributed by atoms with Crippen LogP contribution in [0.25, 0.3) is 0 Å². The molecule has 0 bridgehead atoms. The third-order valence-corrected chi connectivity index (χ3v) is 3.98. The molecular formula is C16H26N2O2. The van der Waals surface area contributed by atoms with E-state index in [4.69, 9.17) is 10.5 Å². The molecule has 2 unspecified atom stereocenters. The zero-order valence-electron chi connectivity index (χ0n) is 12.3. The van der Waals surface area contributed by atoms with Crippen molar-refractivity contribution in [1.82, 2.24) is 4.90 Å². The summed E-state index contributed by atoms with van der Waals surface area (Å²) in [6.07, 6.45) is 1.64. The molecule has 20 heavy (non-hydrogen) atoms. The summed E-state index contributed by atoms with van der Waals surface area (Å²) in [7, 11) is 0. The van der Waals surface area contributed by atoms with E-state index in [1.807, 2.05) is 12.1 Å². The average molecular weight is 278 g/mol. The Balaban J connectivity index is 1.70. The number of ether oxygens (including phenoxy) is 1. The first-order valence-electron chi connectivity index (χ1n) is 7.51. The normalized spacial score (nSPS) is 23.8. The molecule has 1 aromatic carbocycles. The maximum Gasteiger partial charge on any atom is 0.119 e. The zero-order chi connectivity index (χ0) is 14.4. The fourth-order valence-corrected chi connectivity index (χ4v) is 2.63. The Morgan fingerprint density at radius 3 is 2.75 bits per heavy atom. The van der Waals surface area contributed by atoms with Gasteiger partial charge in [-0.3, -0.25) is 4.90 Å². The van der Waals surface area contributed by atoms with Crippen LogP contribution in [0.1, 0.15) is 18.9 Å². The second-order valence-corrected chi connectivity index (χ2v) is 5.67. The molecule has 0 aromatic heterocycles. The second-order valence-electron chi connectivity index (χ2n) is 5.67. The van der Waals surface area contributed by atoms with Crippen LogP contribution < -0.4 is 10.5 Å². The number of benzene rings is 1. The summed E-state index contributed by atoms with van der Waals surface area (Å²) in [4.78, 5) is 2.36. The fraction of sp³-hybridized carbons (Fsp3) is 0.625. The van der Waals surface area contributed by atoms with E-state index in [0.29, 0.717) is 19.1 Å². The van der Waals surface area contributed by atoms with E-state index in [2.05, 4.69) is 24.0 Å². The monoisotopic (exact) mass is 278 g/mol. The summed E-state index contributed by atoms with van der Waals surface area (Å²) in [5, 5.41) is 9.70. The molecule has 1 saturated heterocycles. The maximum absolute atomic E-state index is 9.70. The lowest BCUT2D eigenvalue weighted by Gasteiger charge is -2.34. The molecule has 112 valence electrons. The van der Waals surface area contributed by atoms with Crippen molar-refractivity contribution in [3.63, 3.8) is 0 Å². The molecule has 0 aliphatic carbocycles. The predicted molar refractivity (Wildman–Crippen MR) is 80.9 cm³/mol. The summed E-state index contributed by atoms with van der Waals surface area (Å²) in [5.74, 6) is 1.27. The lowest BCUT2D eigenvalue weighted by molar-refractivity contribution is 0.0304. The third-order valence-electron chi connectivity index (χ3n) is 3.98. The number of nitrogens with two attached hydrogens (primary N) is 1. The predicted octanol–water partition coefficient (Wildman–Crippen LogP) is 1.27. The van der Waals surface area contributed by atoms with Crippen molar-refractivity contribution in [1.29, 1.82) is 0 Å². The number of hydrogen-bond donors (Lipinski definition) is 2. The first-order chi connectivity index (χ1) is 9.69. The summed E-state index contributed by atoms with van der Waals surface area (Å²) >= 11 is 0. The SMILES string of the molecule is CC1CN(CCOc2ccc(CCN)cc2)CCC1O. The van der Waals surface area contributed by atoms with Crippen LogP contribution in [-0.4, -0.2) is 48.9 Å². The number of aliphatic hydroxyl groups is 1. The van der Waals surface area contributed by atoms with E-state index in [1.54, 1.807) is 0 Å². The number of hydrogen-bond acceptors (Lipinski definition) is 4. The van der Waals surface area contributed by atoms with Gasteiger partial charge < -0.3 is 15.6 Å². The van der Waals surface area contributed by atoms with Crippen molar-refractivity contribution in [3.05, 3.63) is 29.8 Å². The van der Waals surface area contributed by atoms with Gasteiger partial charge in [0.2, 0.25) is 0 Å². The van der Waals surface area contributed by atoms with Crippen LogP contribution in [0, 0.1) is 5.92 Å². The molecule has 0 spiro atoms. The van der Waals surface area contributed by atoms with Crippen molar-refractivity contribution < 1.29 is 9.84 Å². The third kappa shape index (κ3) is 4.47. The Hall–Kier alpha value is -1.10. The van der Waals surface area contributed by atoms with Crippen molar-refractivity contribution in [2.45, 2.75) is 25.9 Å². The van der Waals surface area contributed by atoms with Gasteiger partial charge in [0, 0.05) is 19.6 Å². The topological polar surface area (TPSA) is 58.7 Å². The molecule has 1 aromatic rings. The van der Waals surface area contributed by atoms with Crippen molar-refractivity contribution >= 4 is 0 Å². The molecule has 1 heterocycles. The number of likely N-dealkylation sites (tertiary alicyclic amines) is 1. The number of aliphatic hydroxyl groups excluding tert-OH is 1. The second kappa shape index (κ2) is 7.62. The molecule has 0 amide bonds. The molecule has 3 N–H and O–H groups in total. The fourth-order valence-electron chi connectivity index (χ4n) is 2.63. The molecule has 0 radical (unpaired) electrons. The Bertz CT molecular complexity index is 394. The quantitative estimate of drug-likeness (QED) is 0.823. The van der Waals surface area contributed by atoms with Crippen LogP contribution in [0.4, 0.5) is 0 Å². The minimum Gasteiger partial charge on any atom is -0.492 e.